The van der Waals surface area contributed by atoms with E-state index in [0.29, 0.717) is 5.91 Å². The number of carbonyl (C=O) groups excluding carboxylic acids is 1. The Bertz CT molecular complexity index is 452. The molecular formula is C21H42IN5O. The molecule has 7 heteroatoms. The number of hydrogen-bond acceptors (Lipinski definition) is 3. The first-order chi connectivity index (χ1) is 13.2. The van der Waals surface area contributed by atoms with Crippen molar-refractivity contribution in [2.45, 2.75) is 65.2 Å². The third kappa shape index (κ3) is 10.3. The number of amides is 1. The molecule has 2 aliphatic rings. The summed E-state index contributed by atoms with van der Waals surface area (Å²) in [6.45, 7) is 12.5. The molecule has 0 aliphatic carbocycles. The van der Waals surface area contributed by atoms with Crippen LogP contribution in [0, 0.1) is 5.92 Å². The van der Waals surface area contributed by atoms with Gasteiger partial charge in [-0.1, -0.05) is 13.3 Å². The average molecular weight is 508 g/mol. The van der Waals surface area contributed by atoms with Crippen LogP contribution in [-0.4, -0.2) is 74.0 Å². The standard InChI is InChI=1S/C21H41N5O.HI/c1-3-22-21(23-12-7-14-25-17-10-19(2)11-18-25)24-13-8-16-26-15-6-4-5-9-20(26)27;/h19H,3-18H2,1-2H3,(H2,22,23,24);1H. The van der Waals surface area contributed by atoms with Crippen molar-refractivity contribution in [1.82, 2.24) is 20.4 Å². The molecule has 2 aliphatic heterocycles. The van der Waals surface area contributed by atoms with Crippen molar-refractivity contribution in [3.8, 4) is 0 Å². The van der Waals surface area contributed by atoms with Crippen molar-refractivity contribution in [3.05, 3.63) is 0 Å². The van der Waals surface area contributed by atoms with E-state index in [0.717, 1.165) is 76.7 Å². The third-order valence-corrected chi connectivity index (χ3v) is 5.69. The molecule has 28 heavy (non-hydrogen) atoms. The van der Waals surface area contributed by atoms with Crippen molar-refractivity contribution >= 4 is 35.8 Å². The molecule has 0 saturated carbocycles. The highest BCUT2D eigenvalue weighted by Gasteiger charge is 2.16. The monoisotopic (exact) mass is 507 g/mol. The zero-order chi connectivity index (χ0) is 19.3. The molecule has 0 aromatic carbocycles. The third-order valence-electron chi connectivity index (χ3n) is 5.69. The first-order valence-corrected chi connectivity index (χ1v) is 11.2. The number of aliphatic imine (C=N–C) groups is 1. The Morgan fingerprint density at radius 1 is 1.07 bits per heavy atom. The molecule has 164 valence electrons. The van der Waals surface area contributed by atoms with Crippen LogP contribution < -0.4 is 10.6 Å². The quantitative estimate of drug-likeness (QED) is 0.218. The minimum Gasteiger partial charge on any atom is -0.357 e. The molecular weight excluding hydrogens is 465 g/mol. The van der Waals surface area contributed by atoms with Crippen LogP contribution in [0.25, 0.3) is 0 Å². The van der Waals surface area contributed by atoms with Crippen LogP contribution in [0.4, 0.5) is 0 Å². The van der Waals surface area contributed by atoms with E-state index in [1.807, 2.05) is 4.90 Å². The molecule has 2 heterocycles. The van der Waals surface area contributed by atoms with Crippen molar-refractivity contribution in [1.29, 1.82) is 0 Å². The number of likely N-dealkylation sites (tertiary alicyclic amines) is 2. The highest BCUT2D eigenvalue weighted by molar-refractivity contribution is 14.0. The van der Waals surface area contributed by atoms with Gasteiger partial charge in [-0.2, -0.15) is 0 Å². The Morgan fingerprint density at radius 3 is 2.61 bits per heavy atom. The summed E-state index contributed by atoms with van der Waals surface area (Å²) in [7, 11) is 0. The molecule has 0 bridgehead atoms. The van der Waals surface area contributed by atoms with Gasteiger partial charge in [0, 0.05) is 39.1 Å². The van der Waals surface area contributed by atoms with Crippen LogP contribution in [0.5, 0.6) is 0 Å². The van der Waals surface area contributed by atoms with Gasteiger partial charge in [-0.05, 0) is 71.0 Å². The van der Waals surface area contributed by atoms with Crippen LogP contribution in [0.3, 0.4) is 0 Å². The zero-order valence-corrected chi connectivity index (χ0v) is 20.4. The van der Waals surface area contributed by atoms with E-state index in [-0.39, 0.29) is 24.0 Å². The maximum absolute atomic E-state index is 12.0. The molecule has 0 aromatic rings. The number of nitrogens with one attached hydrogen (secondary N) is 2. The Hall–Kier alpha value is -0.570. The highest BCUT2D eigenvalue weighted by atomic mass is 127. The fraction of sp³-hybridized carbons (Fsp3) is 0.905. The SMILES string of the molecule is CCNC(=NCCCN1CCCCCC1=O)NCCCN1CCC(C)CC1.I. The van der Waals surface area contributed by atoms with E-state index >= 15 is 0 Å². The summed E-state index contributed by atoms with van der Waals surface area (Å²) in [4.78, 5) is 21.3. The topological polar surface area (TPSA) is 60.0 Å². The van der Waals surface area contributed by atoms with Crippen molar-refractivity contribution < 1.29 is 4.79 Å². The van der Waals surface area contributed by atoms with Gasteiger partial charge in [-0.25, -0.2) is 0 Å². The molecule has 6 nitrogen and oxygen atoms in total. The number of halogens is 1. The van der Waals surface area contributed by atoms with E-state index in [4.69, 9.17) is 0 Å². The first-order valence-electron chi connectivity index (χ1n) is 11.2. The van der Waals surface area contributed by atoms with E-state index < -0.39 is 0 Å². The van der Waals surface area contributed by atoms with Gasteiger partial charge in [-0.3, -0.25) is 9.79 Å². The maximum atomic E-state index is 12.0. The molecule has 2 fully saturated rings. The number of carbonyl (C=O) groups is 1. The minimum absolute atomic E-state index is 0. The van der Waals surface area contributed by atoms with Crippen molar-refractivity contribution in [3.63, 3.8) is 0 Å². The normalized spacial score (nSPS) is 19.9. The van der Waals surface area contributed by atoms with Gasteiger partial charge >= 0.3 is 0 Å². The van der Waals surface area contributed by atoms with Gasteiger partial charge in [0.05, 0.1) is 0 Å². The van der Waals surface area contributed by atoms with E-state index in [1.165, 1.54) is 38.9 Å². The summed E-state index contributed by atoms with van der Waals surface area (Å²) in [5.41, 5.74) is 0. The molecule has 2 rings (SSSR count). The molecule has 0 unspecified atom stereocenters. The molecule has 0 radical (unpaired) electrons. The summed E-state index contributed by atoms with van der Waals surface area (Å²) in [5, 5.41) is 6.79. The largest absolute Gasteiger partial charge is 0.357 e. The average Bonchev–Trinajstić information content (AvgIpc) is 2.88. The lowest BCUT2D eigenvalue weighted by molar-refractivity contribution is -0.130. The Morgan fingerprint density at radius 2 is 1.86 bits per heavy atom. The number of piperidine rings is 1. The summed E-state index contributed by atoms with van der Waals surface area (Å²) < 4.78 is 0. The predicted octanol–water partition coefficient (Wildman–Crippen LogP) is 3.07. The summed E-state index contributed by atoms with van der Waals surface area (Å²) >= 11 is 0. The molecule has 1 amide bonds. The fourth-order valence-corrected chi connectivity index (χ4v) is 3.86. The van der Waals surface area contributed by atoms with Crippen molar-refractivity contribution in [2.24, 2.45) is 10.9 Å². The molecule has 0 atom stereocenters. The molecule has 2 N–H and O–H groups in total. The molecule has 0 aromatic heterocycles. The lowest BCUT2D eigenvalue weighted by Gasteiger charge is -2.30. The predicted molar refractivity (Wildman–Crippen MR) is 129 cm³/mol. The minimum atomic E-state index is 0. The van der Waals surface area contributed by atoms with Crippen LogP contribution in [0.2, 0.25) is 0 Å². The Labute approximate surface area is 189 Å². The lowest BCUT2D eigenvalue weighted by atomic mass is 9.99. The number of guanidine groups is 1. The Balaban J connectivity index is 0.00000392. The van der Waals surface area contributed by atoms with Crippen molar-refractivity contribution in [2.75, 3.05) is 52.4 Å². The van der Waals surface area contributed by atoms with Gasteiger partial charge in [0.2, 0.25) is 5.91 Å². The van der Waals surface area contributed by atoms with Gasteiger partial charge in [0.25, 0.3) is 0 Å². The van der Waals surface area contributed by atoms with E-state index in [9.17, 15) is 4.79 Å². The second kappa shape index (κ2) is 15.3. The smallest absolute Gasteiger partial charge is 0.222 e. The maximum Gasteiger partial charge on any atom is 0.222 e. The van der Waals surface area contributed by atoms with Gasteiger partial charge in [0.1, 0.15) is 0 Å². The fourth-order valence-electron chi connectivity index (χ4n) is 3.86. The van der Waals surface area contributed by atoms with Crippen LogP contribution in [-0.2, 0) is 4.79 Å². The van der Waals surface area contributed by atoms with Gasteiger partial charge in [0.15, 0.2) is 5.96 Å². The number of nitrogens with zero attached hydrogens (tertiary/aromatic N) is 3. The second-order valence-corrected chi connectivity index (χ2v) is 8.11. The van der Waals surface area contributed by atoms with E-state index in [1.54, 1.807) is 0 Å². The summed E-state index contributed by atoms with van der Waals surface area (Å²) in [5.74, 6) is 2.14. The van der Waals surface area contributed by atoms with Gasteiger partial charge in [-0.15, -0.1) is 24.0 Å². The number of hydrogen-bond donors (Lipinski definition) is 2. The van der Waals surface area contributed by atoms with Crippen LogP contribution in [0.15, 0.2) is 4.99 Å². The summed E-state index contributed by atoms with van der Waals surface area (Å²) in [6.07, 6.45) is 8.89. The molecule has 0 spiro atoms. The summed E-state index contributed by atoms with van der Waals surface area (Å²) in [6, 6.07) is 0. The van der Waals surface area contributed by atoms with Crippen LogP contribution in [0.1, 0.15) is 65.2 Å². The first kappa shape index (κ1) is 25.5. The molecule has 2 saturated heterocycles. The lowest BCUT2D eigenvalue weighted by Crippen LogP contribution is -2.40. The van der Waals surface area contributed by atoms with Crippen LogP contribution >= 0.6 is 24.0 Å². The van der Waals surface area contributed by atoms with E-state index in [2.05, 4.69) is 34.4 Å². The highest BCUT2D eigenvalue weighted by Crippen LogP contribution is 2.15. The second-order valence-electron chi connectivity index (χ2n) is 8.11. The zero-order valence-electron chi connectivity index (χ0n) is 18.0. The van der Waals surface area contributed by atoms with Gasteiger partial charge < -0.3 is 20.4 Å². The number of rotatable bonds is 9. The Kier molecular flexibility index (Phi) is 13.9.